The van der Waals surface area contributed by atoms with E-state index in [0.29, 0.717) is 22.5 Å². The van der Waals surface area contributed by atoms with Crippen LogP contribution in [0.2, 0.25) is 0 Å². The second kappa shape index (κ2) is 11.4. The topological polar surface area (TPSA) is 94.1 Å². The summed E-state index contributed by atoms with van der Waals surface area (Å²) in [6, 6.07) is 54.9. The summed E-state index contributed by atoms with van der Waals surface area (Å²) in [5.41, 5.74) is 9.16. The van der Waals surface area contributed by atoms with E-state index < -0.39 is 0 Å². The second-order valence-corrected chi connectivity index (χ2v) is 12.2. The zero-order valence-corrected chi connectivity index (χ0v) is 26.5. The quantitative estimate of drug-likeness (QED) is 0.192. The Morgan fingerprint density at radius 3 is 1.40 bits per heavy atom. The molecule has 0 amide bonds. The highest BCUT2D eigenvalue weighted by molar-refractivity contribution is 6.11. The van der Waals surface area contributed by atoms with E-state index in [4.69, 9.17) is 4.98 Å². The molecule has 3 heterocycles. The lowest BCUT2D eigenvalue weighted by Crippen LogP contribution is -2.04. The van der Waals surface area contributed by atoms with Gasteiger partial charge in [-0.3, -0.25) is 9.13 Å². The van der Waals surface area contributed by atoms with Crippen LogP contribution in [0, 0.1) is 34.0 Å². The molecular formula is C44H24N6. The van der Waals surface area contributed by atoms with Crippen LogP contribution in [-0.2, 0) is 0 Å². The lowest BCUT2D eigenvalue weighted by atomic mass is 9.92. The molecule has 6 heteroatoms. The van der Waals surface area contributed by atoms with Crippen LogP contribution in [0.3, 0.4) is 0 Å². The van der Waals surface area contributed by atoms with E-state index in [9.17, 15) is 15.8 Å². The molecule has 6 aromatic carbocycles. The van der Waals surface area contributed by atoms with Crippen molar-refractivity contribution in [2.45, 2.75) is 0 Å². The molecule has 0 saturated heterocycles. The first-order chi connectivity index (χ1) is 24.7. The predicted molar refractivity (Wildman–Crippen MR) is 198 cm³/mol. The summed E-state index contributed by atoms with van der Waals surface area (Å²) in [6.45, 7) is 0. The van der Waals surface area contributed by atoms with E-state index in [1.165, 1.54) is 0 Å². The number of aromatic nitrogens is 3. The van der Waals surface area contributed by atoms with Gasteiger partial charge in [0.2, 0.25) is 0 Å². The van der Waals surface area contributed by atoms with Crippen molar-refractivity contribution in [2.75, 3.05) is 0 Å². The van der Waals surface area contributed by atoms with Crippen molar-refractivity contribution in [3.63, 3.8) is 0 Å². The highest BCUT2D eigenvalue weighted by atomic mass is 15.1. The first-order valence-corrected chi connectivity index (χ1v) is 16.1. The summed E-state index contributed by atoms with van der Waals surface area (Å²) in [5.74, 6) is 1.41. The Balaban J connectivity index is 1.42. The van der Waals surface area contributed by atoms with Crippen molar-refractivity contribution in [3.8, 4) is 52.1 Å². The largest absolute Gasteiger partial charge is 0.294 e. The molecule has 50 heavy (non-hydrogen) atoms. The average Bonchev–Trinajstić information content (AvgIpc) is 3.69. The predicted octanol–water partition coefficient (Wildman–Crippen LogP) is 10.2. The molecule has 0 atom stereocenters. The van der Waals surface area contributed by atoms with E-state index in [1.807, 2.05) is 84.9 Å². The van der Waals surface area contributed by atoms with Gasteiger partial charge in [0.25, 0.3) is 0 Å². The summed E-state index contributed by atoms with van der Waals surface area (Å²) in [5, 5.41) is 33.6. The molecule has 0 N–H and O–H groups in total. The van der Waals surface area contributed by atoms with Gasteiger partial charge in [-0.25, -0.2) is 4.98 Å². The Morgan fingerprint density at radius 2 is 0.860 bits per heavy atom. The average molecular weight is 637 g/mol. The molecule has 0 bridgehead atoms. The number of hydrogen-bond acceptors (Lipinski definition) is 4. The van der Waals surface area contributed by atoms with Crippen molar-refractivity contribution in [1.82, 2.24) is 14.1 Å². The molecule has 0 spiro atoms. The number of hydrogen-bond donors (Lipinski definition) is 0. The van der Waals surface area contributed by atoms with Gasteiger partial charge in [0, 0.05) is 27.1 Å². The van der Waals surface area contributed by atoms with Crippen molar-refractivity contribution in [1.29, 1.82) is 15.8 Å². The lowest BCUT2D eigenvalue weighted by molar-refractivity contribution is 1.01. The minimum absolute atomic E-state index is 0.539. The van der Waals surface area contributed by atoms with Gasteiger partial charge >= 0.3 is 0 Å². The van der Waals surface area contributed by atoms with Gasteiger partial charge in [-0.05, 0) is 83.4 Å². The summed E-state index contributed by atoms with van der Waals surface area (Å²) in [7, 11) is 0. The number of rotatable bonds is 4. The molecule has 0 saturated carbocycles. The molecule has 3 aromatic heterocycles. The highest BCUT2D eigenvalue weighted by Gasteiger charge is 2.20. The Hall–Kier alpha value is -7.46. The fourth-order valence-electron chi connectivity index (χ4n) is 7.25. The number of fused-ring (bicyclic) bond motifs is 6. The molecular weight excluding hydrogens is 613 g/mol. The molecule has 0 aliphatic carbocycles. The van der Waals surface area contributed by atoms with Gasteiger partial charge < -0.3 is 0 Å². The van der Waals surface area contributed by atoms with E-state index in [1.54, 1.807) is 0 Å². The van der Waals surface area contributed by atoms with Crippen molar-refractivity contribution >= 4 is 43.6 Å². The molecule has 9 aromatic rings. The Morgan fingerprint density at radius 1 is 0.400 bits per heavy atom. The zero-order valence-electron chi connectivity index (χ0n) is 26.5. The Kier molecular flexibility index (Phi) is 6.53. The van der Waals surface area contributed by atoms with E-state index in [2.05, 4.69) is 88.0 Å². The maximum Gasteiger partial charge on any atom is 0.140 e. The van der Waals surface area contributed by atoms with Gasteiger partial charge in [-0.1, -0.05) is 78.9 Å². The van der Waals surface area contributed by atoms with E-state index in [-0.39, 0.29) is 0 Å². The van der Waals surface area contributed by atoms with Crippen LogP contribution in [0.25, 0.3) is 77.5 Å². The third-order valence-electron chi connectivity index (χ3n) is 9.44. The lowest BCUT2D eigenvalue weighted by Gasteiger charge is -2.17. The summed E-state index contributed by atoms with van der Waals surface area (Å²) < 4.78 is 4.32. The smallest absolute Gasteiger partial charge is 0.140 e. The standard InChI is InChI=1S/C44H24N6/c45-25-28-17-19-41-37(21-28)38-22-29(26-46)18-20-42(38)50(41)44-24-31(33-11-3-4-12-34(33)32-10-2-1-9-30(32)27-47)23-43(48-44)49-39-15-7-5-13-35(39)36-14-6-8-16-40(36)49/h1-24H. The number of nitrogens with zero attached hydrogens (tertiary/aromatic N) is 6. The van der Waals surface area contributed by atoms with E-state index >= 15 is 0 Å². The van der Waals surface area contributed by atoms with Gasteiger partial charge in [0.1, 0.15) is 11.6 Å². The fraction of sp³-hybridized carbons (Fsp3) is 0. The SMILES string of the molecule is N#Cc1ccc2c(c1)c1cc(C#N)ccc1n2-c1cc(-c2ccccc2-c2ccccc2C#N)cc(-n2c3ccccc3c3ccccc32)n1. The van der Waals surface area contributed by atoms with E-state index in [0.717, 1.165) is 71.7 Å². The molecule has 9 rings (SSSR count). The molecule has 6 nitrogen and oxygen atoms in total. The third-order valence-corrected chi connectivity index (χ3v) is 9.44. The number of pyridine rings is 1. The van der Waals surface area contributed by atoms with Crippen LogP contribution < -0.4 is 0 Å². The second-order valence-electron chi connectivity index (χ2n) is 12.2. The molecule has 0 unspecified atom stereocenters. The highest BCUT2D eigenvalue weighted by Crippen LogP contribution is 2.39. The van der Waals surface area contributed by atoms with Gasteiger partial charge in [0.15, 0.2) is 0 Å². The summed E-state index contributed by atoms with van der Waals surface area (Å²) in [6.07, 6.45) is 0. The van der Waals surface area contributed by atoms with Gasteiger partial charge in [0.05, 0.1) is 57.0 Å². The maximum atomic E-state index is 10.0. The fourth-order valence-corrected chi connectivity index (χ4v) is 7.25. The van der Waals surface area contributed by atoms with Crippen LogP contribution in [-0.4, -0.2) is 14.1 Å². The number of benzene rings is 6. The van der Waals surface area contributed by atoms with Crippen LogP contribution in [0.15, 0.2) is 146 Å². The maximum absolute atomic E-state index is 10.0. The minimum atomic E-state index is 0.539. The Labute approximate surface area is 287 Å². The number of nitriles is 3. The monoisotopic (exact) mass is 636 g/mol. The van der Waals surface area contributed by atoms with Crippen molar-refractivity contribution in [2.24, 2.45) is 0 Å². The van der Waals surface area contributed by atoms with Crippen molar-refractivity contribution in [3.05, 3.63) is 162 Å². The van der Waals surface area contributed by atoms with Crippen LogP contribution >= 0.6 is 0 Å². The minimum Gasteiger partial charge on any atom is -0.294 e. The Bertz CT molecular complexity index is 2850. The summed E-state index contributed by atoms with van der Waals surface area (Å²) >= 11 is 0. The van der Waals surface area contributed by atoms with Crippen LogP contribution in [0.5, 0.6) is 0 Å². The van der Waals surface area contributed by atoms with Gasteiger partial charge in [-0.15, -0.1) is 0 Å². The molecule has 0 fully saturated rings. The van der Waals surface area contributed by atoms with Crippen molar-refractivity contribution < 1.29 is 0 Å². The molecule has 0 aliphatic rings. The van der Waals surface area contributed by atoms with Crippen LogP contribution in [0.4, 0.5) is 0 Å². The van der Waals surface area contributed by atoms with Gasteiger partial charge in [-0.2, -0.15) is 15.8 Å². The molecule has 0 radical (unpaired) electrons. The molecule has 0 aliphatic heterocycles. The van der Waals surface area contributed by atoms with Crippen LogP contribution in [0.1, 0.15) is 16.7 Å². The summed E-state index contributed by atoms with van der Waals surface area (Å²) in [4.78, 5) is 5.41. The first-order valence-electron chi connectivity index (χ1n) is 16.1. The zero-order chi connectivity index (χ0) is 33.8. The normalized spacial score (nSPS) is 11.1. The molecule has 230 valence electrons. The third kappa shape index (κ3) is 4.36. The number of para-hydroxylation sites is 2. The first kappa shape index (κ1) is 28.7.